The quantitative estimate of drug-likeness (QED) is 0.212. The number of aliphatic carboxylic acids is 1. The highest BCUT2D eigenvalue weighted by Crippen LogP contribution is 2.26. The first kappa shape index (κ1) is 24.7. The molecule has 1 aliphatic carbocycles. The van der Waals surface area contributed by atoms with Gasteiger partial charge in [0.1, 0.15) is 24.5 Å². The monoisotopic (exact) mass is 495 g/mol. The average Bonchev–Trinajstić information content (AvgIpc) is 3.27. The molecule has 4 rings (SSSR count). The maximum Gasteiger partial charge on any atom is 0.408 e. The van der Waals surface area contributed by atoms with Gasteiger partial charge < -0.3 is 36.5 Å². The van der Waals surface area contributed by atoms with Crippen LogP contribution in [0.2, 0.25) is 0 Å². The number of imidazole rings is 1. The first-order chi connectivity index (χ1) is 17.4. The lowest BCUT2D eigenvalue weighted by Crippen LogP contribution is -2.43. The van der Waals surface area contributed by atoms with Crippen molar-refractivity contribution in [3.05, 3.63) is 48.5 Å². The second kappa shape index (κ2) is 11.3. The van der Waals surface area contributed by atoms with Crippen LogP contribution < -0.4 is 22.1 Å². The summed E-state index contributed by atoms with van der Waals surface area (Å²) in [5.74, 6) is -0.544. The predicted octanol–water partition coefficient (Wildman–Crippen LogP) is 1.20. The molecule has 13 heteroatoms. The molecule has 0 unspecified atom stereocenters. The van der Waals surface area contributed by atoms with Gasteiger partial charge in [-0.05, 0) is 31.2 Å². The minimum atomic E-state index is -1.25. The van der Waals surface area contributed by atoms with E-state index in [9.17, 15) is 14.7 Å². The van der Waals surface area contributed by atoms with Crippen molar-refractivity contribution in [3.8, 4) is 0 Å². The van der Waals surface area contributed by atoms with E-state index in [1.54, 1.807) is 16.7 Å². The summed E-state index contributed by atoms with van der Waals surface area (Å²) in [6, 6.07) is 8.16. The molecule has 1 fully saturated rings. The summed E-state index contributed by atoms with van der Waals surface area (Å²) < 4.78 is 6.72. The van der Waals surface area contributed by atoms with Gasteiger partial charge in [0.15, 0.2) is 17.4 Å². The first-order valence-electron chi connectivity index (χ1n) is 11.6. The molecule has 0 spiro atoms. The highest BCUT2D eigenvalue weighted by atomic mass is 16.5. The predicted molar refractivity (Wildman–Crippen MR) is 132 cm³/mol. The highest BCUT2D eigenvalue weighted by Gasteiger charge is 2.25. The van der Waals surface area contributed by atoms with Crippen LogP contribution in [0.1, 0.15) is 31.2 Å². The van der Waals surface area contributed by atoms with Gasteiger partial charge in [0.05, 0.1) is 18.9 Å². The molecule has 13 nitrogen and oxygen atoms in total. The Hall–Kier alpha value is -4.42. The molecule has 2 aromatic heterocycles. The highest BCUT2D eigenvalue weighted by molar-refractivity contribution is 5.83. The normalized spacial score (nSPS) is 18.2. The molecule has 0 aliphatic heterocycles. The summed E-state index contributed by atoms with van der Waals surface area (Å²) in [5, 5.41) is 15.4. The van der Waals surface area contributed by atoms with Gasteiger partial charge in [0.2, 0.25) is 0 Å². The van der Waals surface area contributed by atoms with E-state index >= 15 is 0 Å². The number of nitrogens with zero attached hydrogens (tertiary/aromatic N) is 5. The van der Waals surface area contributed by atoms with Crippen LogP contribution >= 0.6 is 0 Å². The number of carbonyl (C=O) groups excluding carboxylic acids is 1. The number of alkyl carbamates (subject to hydrolysis) is 1. The number of carboxylic acid groups (broad SMARTS) is 1. The van der Waals surface area contributed by atoms with Crippen LogP contribution in [0.15, 0.2) is 48.0 Å². The third kappa shape index (κ3) is 6.37. The van der Waals surface area contributed by atoms with Gasteiger partial charge in [-0.2, -0.15) is 0 Å². The molecule has 0 saturated heterocycles. The smallest absolute Gasteiger partial charge is 0.408 e. The number of nitrogens with one attached hydrogen (secondary N) is 2. The Morgan fingerprint density at radius 1 is 1.14 bits per heavy atom. The summed E-state index contributed by atoms with van der Waals surface area (Å²) in [6.45, 7) is -0.0600. The van der Waals surface area contributed by atoms with Crippen molar-refractivity contribution < 1.29 is 19.4 Å². The summed E-state index contributed by atoms with van der Waals surface area (Å²) >= 11 is 0. The minimum Gasteiger partial charge on any atom is -0.480 e. The molecular weight excluding hydrogens is 466 g/mol. The largest absolute Gasteiger partial charge is 0.480 e. The molecule has 1 amide bonds. The molecule has 1 atom stereocenters. The molecule has 190 valence electrons. The second-order valence-corrected chi connectivity index (χ2v) is 8.59. The minimum absolute atomic E-state index is 0.0309. The van der Waals surface area contributed by atoms with E-state index in [-0.39, 0.29) is 31.2 Å². The topological polar surface area (TPSA) is 196 Å². The zero-order chi connectivity index (χ0) is 25.5. The van der Waals surface area contributed by atoms with E-state index < -0.39 is 18.1 Å². The lowest BCUT2D eigenvalue weighted by molar-refractivity contribution is -0.139. The van der Waals surface area contributed by atoms with E-state index in [2.05, 4.69) is 30.6 Å². The number of rotatable bonds is 9. The second-order valence-electron chi connectivity index (χ2n) is 8.59. The molecule has 1 aliphatic rings. The van der Waals surface area contributed by atoms with Crippen molar-refractivity contribution in [3.63, 3.8) is 0 Å². The van der Waals surface area contributed by atoms with E-state index in [0.29, 0.717) is 17.0 Å². The molecule has 7 N–H and O–H groups in total. The Kier molecular flexibility index (Phi) is 7.78. The van der Waals surface area contributed by atoms with E-state index in [0.717, 1.165) is 31.2 Å². The van der Waals surface area contributed by atoms with Gasteiger partial charge in [0, 0.05) is 6.04 Å². The Balaban J connectivity index is 1.39. The van der Waals surface area contributed by atoms with Crippen LogP contribution in [0.4, 0.5) is 10.6 Å². The molecular formula is C23H29N9O4. The molecule has 1 saturated carbocycles. The summed E-state index contributed by atoms with van der Waals surface area (Å²) in [4.78, 5) is 41.2. The fourth-order valence-electron chi connectivity index (χ4n) is 4.16. The Morgan fingerprint density at radius 3 is 2.58 bits per heavy atom. The summed E-state index contributed by atoms with van der Waals surface area (Å²) in [5.41, 5.74) is 12.7. The number of carboxylic acids is 1. The van der Waals surface area contributed by atoms with Crippen LogP contribution in [-0.2, 0) is 22.7 Å². The summed E-state index contributed by atoms with van der Waals surface area (Å²) in [7, 11) is 0. The fraction of sp³-hybridized carbons (Fsp3) is 0.391. The zero-order valence-corrected chi connectivity index (χ0v) is 19.6. The van der Waals surface area contributed by atoms with E-state index in [1.165, 1.54) is 12.7 Å². The van der Waals surface area contributed by atoms with Gasteiger partial charge in [-0.1, -0.05) is 30.3 Å². The molecule has 2 heterocycles. The van der Waals surface area contributed by atoms with Crippen LogP contribution in [0.25, 0.3) is 11.2 Å². The van der Waals surface area contributed by atoms with E-state index in [4.69, 9.17) is 16.2 Å². The number of carbonyl (C=O) groups is 2. The molecule has 0 bridgehead atoms. The number of amides is 1. The molecule has 36 heavy (non-hydrogen) atoms. The van der Waals surface area contributed by atoms with Crippen molar-refractivity contribution in [2.24, 2.45) is 16.5 Å². The molecule has 1 aromatic carbocycles. The average molecular weight is 496 g/mol. The standard InChI is InChI=1S/C23H29N9O4/c24-22(25)30-16-8-6-15(7-9-16)29-19-18-20(27-12-26-19)32(13-28-18)10-17(21(33)34)31-23(35)36-11-14-4-2-1-3-5-14/h1-5,12-13,15-17H,6-11H2,(H,31,35)(H,33,34)(H4,24,25,30)(H,26,27,29)/t15?,16?,17-/m1/s1. The molecule has 3 aromatic rings. The number of hydrogen-bond acceptors (Lipinski definition) is 8. The van der Waals surface area contributed by atoms with Gasteiger partial charge in [0.25, 0.3) is 0 Å². The van der Waals surface area contributed by atoms with Crippen LogP contribution in [0.3, 0.4) is 0 Å². The third-order valence-corrected chi connectivity index (χ3v) is 5.95. The number of hydrogen-bond donors (Lipinski definition) is 5. The van der Waals surface area contributed by atoms with Crippen LogP contribution in [-0.4, -0.2) is 60.8 Å². The fourth-order valence-corrected chi connectivity index (χ4v) is 4.16. The number of fused-ring (bicyclic) bond motifs is 1. The Labute approximate surface area is 207 Å². The SMILES string of the molecule is NC(N)=NC1CCC(Nc2ncnc3c2ncn3C[C@@H](NC(=O)OCc2ccccc2)C(=O)O)CC1. The number of anilines is 1. The van der Waals surface area contributed by atoms with Crippen molar-refractivity contribution in [1.82, 2.24) is 24.8 Å². The number of nitrogens with two attached hydrogens (primary N) is 2. The lowest BCUT2D eigenvalue weighted by Gasteiger charge is -2.27. The summed E-state index contributed by atoms with van der Waals surface area (Å²) in [6.07, 6.45) is 5.48. The van der Waals surface area contributed by atoms with Gasteiger partial charge in [-0.3, -0.25) is 4.99 Å². The van der Waals surface area contributed by atoms with Gasteiger partial charge in [-0.15, -0.1) is 0 Å². The van der Waals surface area contributed by atoms with Crippen molar-refractivity contribution in [2.75, 3.05) is 5.32 Å². The van der Waals surface area contributed by atoms with Crippen molar-refractivity contribution in [1.29, 1.82) is 0 Å². The van der Waals surface area contributed by atoms with Crippen LogP contribution in [0.5, 0.6) is 0 Å². The first-order valence-corrected chi connectivity index (χ1v) is 11.6. The Morgan fingerprint density at radius 2 is 1.89 bits per heavy atom. The number of guanidine groups is 1. The van der Waals surface area contributed by atoms with Crippen molar-refractivity contribution in [2.45, 2.75) is 57.0 Å². The third-order valence-electron chi connectivity index (χ3n) is 5.95. The Bertz CT molecular complexity index is 1220. The number of aliphatic imine (C=N–C) groups is 1. The number of ether oxygens (including phenoxy) is 1. The number of aromatic nitrogens is 4. The van der Waals surface area contributed by atoms with Gasteiger partial charge >= 0.3 is 12.1 Å². The number of benzene rings is 1. The lowest BCUT2D eigenvalue weighted by atomic mass is 9.91. The maximum atomic E-state index is 12.2. The van der Waals surface area contributed by atoms with Gasteiger partial charge in [-0.25, -0.2) is 24.5 Å². The maximum absolute atomic E-state index is 12.2. The van der Waals surface area contributed by atoms with E-state index in [1.807, 2.05) is 18.2 Å². The van der Waals surface area contributed by atoms with Crippen LogP contribution in [0, 0.1) is 0 Å². The molecule has 0 radical (unpaired) electrons. The zero-order valence-electron chi connectivity index (χ0n) is 19.6. The van der Waals surface area contributed by atoms with Crippen molar-refractivity contribution >= 4 is 35.0 Å².